The van der Waals surface area contributed by atoms with E-state index in [1.54, 1.807) is 6.07 Å². The average molecular weight is 369 g/mol. The zero-order valence-corrected chi connectivity index (χ0v) is 14.0. The number of sulfonamides is 1. The van der Waals surface area contributed by atoms with Gasteiger partial charge in [0.1, 0.15) is 0 Å². The van der Waals surface area contributed by atoms with Crippen LogP contribution in [-0.4, -0.2) is 15.0 Å². The number of hydrogen-bond acceptors (Lipinski definition) is 3. The highest BCUT2D eigenvalue weighted by Crippen LogP contribution is 2.26. The first-order chi connectivity index (χ1) is 9.88. The molecule has 4 nitrogen and oxygen atoms in total. The molecular formula is C15H17BrN2O2S. The van der Waals surface area contributed by atoms with Crippen LogP contribution >= 0.6 is 15.9 Å². The van der Waals surface area contributed by atoms with Gasteiger partial charge in [0.2, 0.25) is 10.0 Å². The molecule has 0 heterocycles. The van der Waals surface area contributed by atoms with E-state index in [2.05, 4.69) is 40.3 Å². The first kappa shape index (κ1) is 16.0. The largest absolute Gasteiger partial charge is 0.384 e. The highest BCUT2D eigenvalue weighted by molar-refractivity contribution is 9.10. The minimum absolute atomic E-state index is 0.0935. The third kappa shape index (κ3) is 4.30. The van der Waals surface area contributed by atoms with Gasteiger partial charge in [-0.15, -0.1) is 0 Å². The molecule has 2 rings (SSSR count). The minimum atomic E-state index is -3.67. The molecule has 3 N–H and O–H groups in total. The smallest absolute Gasteiger partial charge is 0.238 e. The summed E-state index contributed by atoms with van der Waals surface area (Å²) in [7, 11) is -3.67. The van der Waals surface area contributed by atoms with Crippen molar-refractivity contribution in [3.05, 3.63) is 58.6 Å². The van der Waals surface area contributed by atoms with Gasteiger partial charge < -0.3 is 5.32 Å². The topological polar surface area (TPSA) is 72.2 Å². The van der Waals surface area contributed by atoms with E-state index >= 15 is 0 Å². The van der Waals surface area contributed by atoms with Crippen molar-refractivity contribution in [1.29, 1.82) is 0 Å². The molecular weight excluding hydrogens is 352 g/mol. The van der Waals surface area contributed by atoms with Crippen molar-refractivity contribution in [3.8, 4) is 0 Å². The Bertz CT molecular complexity index is 718. The second kappa shape index (κ2) is 6.60. The van der Waals surface area contributed by atoms with Gasteiger partial charge in [0.05, 0.1) is 4.90 Å². The van der Waals surface area contributed by atoms with Crippen LogP contribution in [0, 0.1) is 0 Å². The number of anilines is 1. The summed E-state index contributed by atoms with van der Waals surface area (Å²) >= 11 is 3.36. The summed E-state index contributed by atoms with van der Waals surface area (Å²) in [5.41, 5.74) is 2.09. The van der Waals surface area contributed by atoms with Gasteiger partial charge in [-0.05, 0) is 45.6 Å². The first-order valence-corrected chi connectivity index (χ1v) is 8.83. The Kier molecular flexibility index (Phi) is 5.03. The Morgan fingerprint density at radius 2 is 1.86 bits per heavy atom. The van der Waals surface area contributed by atoms with E-state index in [0.717, 1.165) is 12.2 Å². The summed E-state index contributed by atoms with van der Waals surface area (Å²) in [4.78, 5) is 0.0935. The van der Waals surface area contributed by atoms with Crippen LogP contribution < -0.4 is 10.5 Å². The molecule has 0 aromatic heterocycles. The van der Waals surface area contributed by atoms with Crippen molar-refractivity contribution in [2.75, 3.05) is 11.9 Å². The number of primary sulfonamides is 1. The molecule has 0 saturated heterocycles. The third-order valence-corrected chi connectivity index (χ3v) is 4.80. The van der Waals surface area contributed by atoms with E-state index in [9.17, 15) is 8.42 Å². The van der Waals surface area contributed by atoms with E-state index in [1.165, 1.54) is 17.7 Å². The summed E-state index contributed by atoms with van der Waals surface area (Å²) < 4.78 is 23.2. The van der Waals surface area contributed by atoms with Crippen LogP contribution in [-0.2, 0) is 10.0 Å². The lowest BCUT2D eigenvalue weighted by Gasteiger charge is -2.15. The SMILES string of the molecule is CC(CNc1ccc(S(N)(=O)=O)cc1Br)c1ccccc1. The van der Waals surface area contributed by atoms with Gasteiger partial charge in [-0.3, -0.25) is 0 Å². The molecule has 0 amide bonds. The standard InChI is InChI=1S/C15H17BrN2O2S/c1-11(12-5-3-2-4-6-12)10-18-15-8-7-13(9-14(15)16)21(17,19)20/h2-9,11,18H,10H2,1H3,(H2,17,19,20). The van der Waals surface area contributed by atoms with Crippen molar-refractivity contribution < 1.29 is 8.42 Å². The molecule has 2 aromatic rings. The van der Waals surface area contributed by atoms with E-state index in [0.29, 0.717) is 10.4 Å². The fourth-order valence-electron chi connectivity index (χ4n) is 1.98. The lowest BCUT2D eigenvalue weighted by atomic mass is 10.0. The number of halogens is 1. The number of hydrogen-bond donors (Lipinski definition) is 2. The summed E-state index contributed by atoms with van der Waals surface area (Å²) in [5.74, 6) is 0.344. The zero-order chi connectivity index (χ0) is 15.5. The monoisotopic (exact) mass is 368 g/mol. The highest BCUT2D eigenvalue weighted by atomic mass is 79.9. The van der Waals surface area contributed by atoms with Gasteiger partial charge in [-0.25, -0.2) is 13.6 Å². The van der Waals surface area contributed by atoms with Crippen molar-refractivity contribution in [3.63, 3.8) is 0 Å². The minimum Gasteiger partial charge on any atom is -0.384 e. The van der Waals surface area contributed by atoms with Crippen LogP contribution in [0.5, 0.6) is 0 Å². The van der Waals surface area contributed by atoms with E-state index < -0.39 is 10.0 Å². The maximum atomic E-state index is 11.3. The van der Waals surface area contributed by atoms with Crippen molar-refractivity contribution in [2.45, 2.75) is 17.7 Å². The van der Waals surface area contributed by atoms with Gasteiger partial charge in [-0.1, -0.05) is 37.3 Å². The van der Waals surface area contributed by atoms with Crippen LogP contribution in [0.15, 0.2) is 57.9 Å². The fourth-order valence-corrected chi connectivity index (χ4v) is 3.19. The molecule has 0 aliphatic rings. The van der Waals surface area contributed by atoms with Crippen LogP contribution in [0.1, 0.15) is 18.4 Å². The second-order valence-electron chi connectivity index (χ2n) is 4.88. The van der Waals surface area contributed by atoms with Crippen molar-refractivity contribution >= 4 is 31.6 Å². The second-order valence-corrected chi connectivity index (χ2v) is 7.30. The third-order valence-electron chi connectivity index (χ3n) is 3.24. The van der Waals surface area contributed by atoms with Gasteiger partial charge in [0.25, 0.3) is 0 Å². The normalized spacial score (nSPS) is 12.9. The van der Waals surface area contributed by atoms with Crippen LogP contribution in [0.4, 0.5) is 5.69 Å². The number of rotatable bonds is 5. The maximum Gasteiger partial charge on any atom is 0.238 e. The highest BCUT2D eigenvalue weighted by Gasteiger charge is 2.11. The Balaban J connectivity index is 2.07. The zero-order valence-electron chi connectivity index (χ0n) is 11.6. The van der Waals surface area contributed by atoms with Gasteiger partial charge in [0, 0.05) is 16.7 Å². The molecule has 0 saturated carbocycles. The average Bonchev–Trinajstić information content (AvgIpc) is 2.45. The molecule has 0 fully saturated rings. The molecule has 21 heavy (non-hydrogen) atoms. The van der Waals surface area contributed by atoms with Gasteiger partial charge in [-0.2, -0.15) is 0 Å². The summed E-state index contributed by atoms with van der Waals surface area (Å²) in [6, 6.07) is 14.9. The van der Waals surface area contributed by atoms with Gasteiger partial charge >= 0.3 is 0 Å². The Morgan fingerprint density at radius 3 is 2.43 bits per heavy atom. The predicted molar refractivity (Wildman–Crippen MR) is 88.9 cm³/mol. The Labute approximate surface area is 133 Å². The summed E-state index contributed by atoms with van der Waals surface area (Å²) in [6.45, 7) is 2.88. The molecule has 1 atom stereocenters. The summed E-state index contributed by atoms with van der Waals surface area (Å²) in [6.07, 6.45) is 0. The van der Waals surface area contributed by atoms with Crippen LogP contribution in [0.2, 0.25) is 0 Å². The van der Waals surface area contributed by atoms with Crippen LogP contribution in [0.25, 0.3) is 0 Å². The number of nitrogens with two attached hydrogens (primary N) is 1. The first-order valence-electron chi connectivity index (χ1n) is 6.49. The molecule has 0 aliphatic carbocycles. The van der Waals surface area contributed by atoms with Crippen molar-refractivity contribution in [1.82, 2.24) is 0 Å². The molecule has 6 heteroatoms. The number of nitrogens with one attached hydrogen (secondary N) is 1. The predicted octanol–water partition coefficient (Wildman–Crippen LogP) is 3.31. The van der Waals surface area contributed by atoms with Crippen molar-refractivity contribution in [2.24, 2.45) is 5.14 Å². The lowest BCUT2D eigenvalue weighted by molar-refractivity contribution is 0.598. The van der Waals surface area contributed by atoms with Gasteiger partial charge in [0.15, 0.2) is 0 Å². The van der Waals surface area contributed by atoms with E-state index in [4.69, 9.17) is 5.14 Å². The molecule has 0 aliphatic heterocycles. The van der Waals surface area contributed by atoms with Crippen LogP contribution in [0.3, 0.4) is 0 Å². The molecule has 0 spiro atoms. The number of benzene rings is 2. The van der Waals surface area contributed by atoms with E-state index in [-0.39, 0.29) is 4.90 Å². The summed E-state index contributed by atoms with van der Waals surface area (Å²) in [5, 5.41) is 8.41. The molecule has 1 unspecified atom stereocenters. The maximum absolute atomic E-state index is 11.3. The Hall–Kier alpha value is -1.37. The molecule has 0 radical (unpaired) electrons. The quantitative estimate of drug-likeness (QED) is 0.849. The fraction of sp³-hybridized carbons (Fsp3) is 0.200. The molecule has 0 bridgehead atoms. The van der Waals surface area contributed by atoms with E-state index in [1.807, 2.05) is 18.2 Å². The lowest BCUT2D eigenvalue weighted by Crippen LogP contribution is -2.13. The molecule has 112 valence electrons. The Morgan fingerprint density at radius 1 is 1.19 bits per heavy atom. The molecule has 2 aromatic carbocycles.